The van der Waals surface area contributed by atoms with Crippen molar-refractivity contribution in [3.8, 4) is 0 Å². The highest BCUT2D eigenvalue weighted by Crippen LogP contribution is 2.40. The summed E-state index contributed by atoms with van der Waals surface area (Å²) in [6.45, 7) is 7.77. The molecule has 0 saturated heterocycles. The normalized spacial score (nSPS) is 21.3. The third-order valence-corrected chi connectivity index (χ3v) is 5.46. The number of rotatable bonds is 6. The smallest absolute Gasteiger partial charge is 0.00204 e. The molecule has 1 nitrogen and oxygen atoms in total. The van der Waals surface area contributed by atoms with Crippen molar-refractivity contribution in [2.75, 3.05) is 6.54 Å². The van der Waals surface area contributed by atoms with E-state index in [0.29, 0.717) is 5.41 Å². The van der Waals surface area contributed by atoms with E-state index < -0.39 is 0 Å². The maximum Gasteiger partial charge on any atom is -0.00204 e. The summed E-state index contributed by atoms with van der Waals surface area (Å²) in [5.74, 6) is 0.763. The number of hydrogen-bond acceptors (Lipinski definition) is 1. The largest absolute Gasteiger partial charge is 0.330 e. The second-order valence-corrected chi connectivity index (χ2v) is 6.86. The second kappa shape index (κ2) is 6.76. The molecule has 20 heavy (non-hydrogen) atoms. The Labute approximate surface area is 125 Å². The molecule has 0 radical (unpaired) electrons. The predicted molar refractivity (Wildman–Crippen MR) is 88.0 cm³/mol. The van der Waals surface area contributed by atoms with E-state index >= 15 is 0 Å². The zero-order valence-electron chi connectivity index (χ0n) is 13.5. The average molecular weight is 273 g/mol. The van der Waals surface area contributed by atoms with Crippen LogP contribution in [0.5, 0.6) is 0 Å². The second-order valence-electron chi connectivity index (χ2n) is 6.86. The van der Waals surface area contributed by atoms with Crippen LogP contribution in [0.15, 0.2) is 18.2 Å². The van der Waals surface area contributed by atoms with Crippen molar-refractivity contribution >= 4 is 0 Å². The highest BCUT2D eigenvalue weighted by molar-refractivity contribution is 5.34. The van der Waals surface area contributed by atoms with Crippen molar-refractivity contribution in [3.63, 3.8) is 0 Å². The van der Waals surface area contributed by atoms with Crippen LogP contribution < -0.4 is 5.73 Å². The van der Waals surface area contributed by atoms with Crippen LogP contribution in [0.1, 0.15) is 63.1 Å². The van der Waals surface area contributed by atoms with Gasteiger partial charge in [-0.3, -0.25) is 0 Å². The van der Waals surface area contributed by atoms with E-state index in [0.717, 1.165) is 18.9 Å². The molecule has 2 N–H and O–H groups in total. The summed E-state index contributed by atoms with van der Waals surface area (Å²) in [6.07, 6.45) is 8.81. The van der Waals surface area contributed by atoms with E-state index in [4.69, 9.17) is 5.73 Å². The molecule has 0 spiro atoms. The van der Waals surface area contributed by atoms with Crippen LogP contribution in [0.4, 0.5) is 0 Å². The lowest BCUT2D eigenvalue weighted by Gasteiger charge is -2.40. The van der Waals surface area contributed by atoms with Crippen LogP contribution in [0.2, 0.25) is 0 Å². The van der Waals surface area contributed by atoms with Crippen LogP contribution in [-0.2, 0) is 19.3 Å². The van der Waals surface area contributed by atoms with Gasteiger partial charge in [0.05, 0.1) is 0 Å². The monoisotopic (exact) mass is 273 g/mol. The van der Waals surface area contributed by atoms with Crippen molar-refractivity contribution in [3.05, 3.63) is 34.9 Å². The van der Waals surface area contributed by atoms with Crippen molar-refractivity contribution in [1.82, 2.24) is 0 Å². The first-order chi connectivity index (χ1) is 9.62. The van der Waals surface area contributed by atoms with Crippen molar-refractivity contribution in [1.29, 1.82) is 0 Å². The molecule has 0 saturated carbocycles. The number of benzene rings is 1. The van der Waals surface area contributed by atoms with Gasteiger partial charge in [-0.2, -0.15) is 0 Å². The third-order valence-electron chi connectivity index (χ3n) is 5.46. The topological polar surface area (TPSA) is 26.0 Å². The molecule has 112 valence electrons. The quantitative estimate of drug-likeness (QED) is 0.811. The Morgan fingerprint density at radius 3 is 2.70 bits per heavy atom. The minimum atomic E-state index is 0.330. The third kappa shape index (κ3) is 3.25. The Bertz CT molecular complexity index is 437. The highest BCUT2D eigenvalue weighted by atomic mass is 14.6. The van der Waals surface area contributed by atoms with E-state index in [9.17, 15) is 0 Å². The fourth-order valence-electron chi connectivity index (χ4n) is 3.68. The van der Waals surface area contributed by atoms with Gasteiger partial charge in [-0.15, -0.1) is 0 Å². The van der Waals surface area contributed by atoms with Crippen LogP contribution in [0.3, 0.4) is 0 Å². The van der Waals surface area contributed by atoms with Gasteiger partial charge in [-0.05, 0) is 66.7 Å². The molecule has 1 aromatic carbocycles. The first-order valence-electron chi connectivity index (χ1n) is 8.43. The molecule has 1 heteroatoms. The van der Waals surface area contributed by atoms with Gasteiger partial charge < -0.3 is 5.73 Å². The van der Waals surface area contributed by atoms with Gasteiger partial charge in [0, 0.05) is 0 Å². The van der Waals surface area contributed by atoms with Crippen LogP contribution >= 0.6 is 0 Å². The van der Waals surface area contributed by atoms with Crippen LogP contribution in [0.25, 0.3) is 0 Å². The maximum absolute atomic E-state index is 6.14. The summed E-state index contributed by atoms with van der Waals surface area (Å²) in [4.78, 5) is 0. The molecule has 0 fully saturated rings. The van der Waals surface area contributed by atoms with Gasteiger partial charge in [-0.1, -0.05) is 51.8 Å². The summed E-state index contributed by atoms with van der Waals surface area (Å²) >= 11 is 0. The molecule has 2 rings (SSSR count). The zero-order chi connectivity index (χ0) is 14.6. The van der Waals surface area contributed by atoms with Gasteiger partial charge >= 0.3 is 0 Å². The van der Waals surface area contributed by atoms with E-state index in [-0.39, 0.29) is 0 Å². The first kappa shape index (κ1) is 15.6. The molecule has 0 amide bonds. The molecule has 0 heterocycles. The lowest BCUT2D eigenvalue weighted by atomic mass is 9.66. The molecule has 1 unspecified atom stereocenters. The molecule has 0 bridgehead atoms. The predicted octanol–water partition coefficient (Wildman–Crippen LogP) is 4.51. The highest BCUT2D eigenvalue weighted by Gasteiger charge is 2.34. The van der Waals surface area contributed by atoms with Gasteiger partial charge in [0.1, 0.15) is 0 Å². The van der Waals surface area contributed by atoms with Crippen molar-refractivity contribution in [2.24, 2.45) is 17.1 Å². The maximum atomic E-state index is 6.14. The molecular weight excluding hydrogens is 242 g/mol. The fourth-order valence-corrected chi connectivity index (χ4v) is 3.68. The Hall–Kier alpha value is -0.820. The minimum Gasteiger partial charge on any atom is -0.330 e. The fraction of sp³-hybridized carbons (Fsp3) is 0.684. The van der Waals surface area contributed by atoms with Crippen LogP contribution in [0, 0.1) is 11.3 Å². The van der Waals surface area contributed by atoms with E-state index in [1.807, 2.05) is 0 Å². The summed E-state index contributed by atoms with van der Waals surface area (Å²) in [5, 5.41) is 0. The number of aryl methyl sites for hydroxylation is 2. The molecule has 1 aliphatic carbocycles. The van der Waals surface area contributed by atoms with Gasteiger partial charge in [0.2, 0.25) is 0 Å². The summed E-state index contributed by atoms with van der Waals surface area (Å²) in [6, 6.07) is 7.11. The Kier molecular flexibility index (Phi) is 5.26. The molecule has 0 aromatic heterocycles. The standard InChI is InChI=1S/C19H31N/c1-4-6-11-19(3,14-20)18-10-9-16-12-15(5-2)7-8-17(16)13-18/h7-8,12,18H,4-6,9-11,13-14,20H2,1-3H3/t18?,19-/m0/s1. The van der Waals surface area contributed by atoms with E-state index in [1.165, 1.54) is 44.1 Å². The lowest BCUT2D eigenvalue weighted by molar-refractivity contribution is 0.156. The van der Waals surface area contributed by atoms with E-state index in [2.05, 4.69) is 39.0 Å². The van der Waals surface area contributed by atoms with Gasteiger partial charge in [0.15, 0.2) is 0 Å². The van der Waals surface area contributed by atoms with Crippen molar-refractivity contribution in [2.45, 2.75) is 65.7 Å². The van der Waals surface area contributed by atoms with Crippen LogP contribution in [-0.4, -0.2) is 6.54 Å². The Balaban J connectivity index is 2.13. The number of hydrogen-bond donors (Lipinski definition) is 1. The molecule has 1 aromatic rings. The van der Waals surface area contributed by atoms with Gasteiger partial charge in [-0.25, -0.2) is 0 Å². The molecule has 0 aliphatic heterocycles. The van der Waals surface area contributed by atoms with E-state index in [1.54, 1.807) is 11.1 Å². The lowest BCUT2D eigenvalue weighted by Crippen LogP contribution is -2.38. The Morgan fingerprint density at radius 1 is 1.25 bits per heavy atom. The summed E-state index contributed by atoms with van der Waals surface area (Å²) in [5.41, 5.74) is 11.1. The molecular formula is C19H31N. The molecule has 1 aliphatic rings. The number of nitrogens with two attached hydrogens (primary N) is 1. The first-order valence-corrected chi connectivity index (χ1v) is 8.43. The zero-order valence-corrected chi connectivity index (χ0v) is 13.5. The average Bonchev–Trinajstić information content (AvgIpc) is 2.51. The summed E-state index contributed by atoms with van der Waals surface area (Å²) < 4.78 is 0. The SMILES string of the molecule is CCCC[C@@](C)(CN)C1CCc2cc(CC)ccc2C1. The number of fused-ring (bicyclic) bond motifs is 1. The van der Waals surface area contributed by atoms with Crippen molar-refractivity contribution < 1.29 is 0 Å². The molecule has 2 atom stereocenters. The summed E-state index contributed by atoms with van der Waals surface area (Å²) in [7, 11) is 0. The van der Waals surface area contributed by atoms with Gasteiger partial charge in [0.25, 0.3) is 0 Å². The Morgan fingerprint density at radius 2 is 2.05 bits per heavy atom. The number of unbranched alkanes of at least 4 members (excludes halogenated alkanes) is 1. The minimum absolute atomic E-state index is 0.330.